The second-order valence-electron chi connectivity index (χ2n) is 8.45. The van der Waals surface area contributed by atoms with Gasteiger partial charge in [0.15, 0.2) is 0 Å². The fourth-order valence-electron chi connectivity index (χ4n) is 3.72. The molecule has 0 aromatic heterocycles. The largest absolute Gasteiger partial charge is 0.352 e. The van der Waals surface area contributed by atoms with Gasteiger partial charge < -0.3 is 10.6 Å². The zero-order valence-electron chi connectivity index (χ0n) is 19.1. The highest BCUT2D eigenvalue weighted by molar-refractivity contribution is 7.89. The molecule has 2 amide bonds. The van der Waals surface area contributed by atoms with Crippen molar-refractivity contribution in [1.29, 1.82) is 0 Å². The second kappa shape index (κ2) is 11.4. The molecule has 3 rings (SSSR count). The minimum atomic E-state index is -3.80. The molecule has 8 nitrogen and oxygen atoms in total. The maximum atomic E-state index is 12.4. The van der Waals surface area contributed by atoms with Gasteiger partial charge in [0.1, 0.15) is 0 Å². The Hall–Kier alpha value is -2.75. The molecule has 2 aromatic rings. The summed E-state index contributed by atoms with van der Waals surface area (Å²) in [7, 11) is -3.80. The standard InChI is InChI=1S/C24H32N4O4S/c1-18-8-9-22(14-19(18)2)33(31,32)26-16-23(29)25-15-24(30)27-21-10-12-28(13-11-21)17-20-6-4-3-5-7-20/h3-9,14,21,26H,10-13,15-17H2,1-2H3,(H,25,29)(H,27,30). The molecule has 0 unspecified atom stereocenters. The maximum Gasteiger partial charge on any atom is 0.241 e. The van der Waals surface area contributed by atoms with Gasteiger partial charge in [0.05, 0.1) is 18.0 Å². The average molecular weight is 473 g/mol. The molecule has 1 heterocycles. The van der Waals surface area contributed by atoms with Crippen molar-refractivity contribution in [3.05, 3.63) is 65.2 Å². The minimum Gasteiger partial charge on any atom is -0.352 e. The van der Waals surface area contributed by atoms with Crippen LogP contribution in [0.3, 0.4) is 0 Å². The summed E-state index contributed by atoms with van der Waals surface area (Å²) < 4.78 is 27.0. The van der Waals surface area contributed by atoms with E-state index in [1.54, 1.807) is 12.1 Å². The number of aryl methyl sites for hydroxylation is 2. The van der Waals surface area contributed by atoms with E-state index in [1.165, 1.54) is 11.6 Å². The molecule has 0 atom stereocenters. The summed E-state index contributed by atoms with van der Waals surface area (Å²) in [5.74, 6) is -0.836. The summed E-state index contributed by atoms with van der Waals surface area (Å²) in [6.07, 6.45) is 1.70. The molecule has 0 saturated carbocycles. The van der Waals surface area contributed by atoms with Crippen molar-refractivity contribution in [2.45, 2.75) is 44.2 Å². The van der Waals surface area contributed by atoms with Crippen LogP contribution in [0.4, 0.5) is 0 Å². The topological polar surface area (TPSA) is 108 Å². The molecule has 1 aliphatic rings. The quantitative estimate of drug-likeness (QED) is 0.512. The van der Waals surface area contributed by atoms with Gasteiger partial charge in [-0.05, 0) is 55.5 Å². The van der Waals surface area contributed by atoms with E-state index in [0.29, 0.717) is 0 Å². The molecular formula is C24H32N4O4S. The highest BCUT2D eigenvalue weighted by Crippen LogP contribution is 2.15. The highest BCUT2D eigenvalue weighted by atomic mass is 32.2. The van der Waals surface area contributed by atoms with Crippen LogP contribution >= 0.6 is 0 Å². The first kappa shape index (κ1) is 24.9. The number of rotatable bonds is 9. The summed E-state index contributed by atoms with van der Waals surface area (Å²) in [5, 5.41) is 5.42. The van der Waals surface area contributed by atoms with Crippen LogP contribution < -0.4 is 15.4 Å². The molecule has 1 aliphatic heterocycles. The number of benzene rings is 2. The molecule has 3 N–H and O–H groups in total. The summed E-state index contributed by atoms with van der Waals surface area (Å²) in [5.41, 5.74) is 3.11. The Kier molecular flexibility index (Phi) is 8.60. The van der Waals surface area contributed by atoms with Gasteiger partial charge in [-0.15, -0.1) is 0 Å². The van der Waals surface area contributed by atoms with Crippen LogP contribution in [-0.4, -0.2) is 57.4 Å². The van der Waals surface area contributed by atoms with Crippen molar-refractivity contribution >= 4 is 21.8 Å². The van der Waals surface area contributed by atoms with E-state index < -0.39 is 22.5 Å². The number of nitrogens with one attached hydrogen (secondary N) is 3. The monoisotopic (exact) mass is 472 g/mol. The van der Waals surface area contributed by atoms with E-state index in [0.717, 1.165) is 43.6 Å². The first-order valence-corrected chi connectivity index (χ1v) is 12.6. The molecule has 0 radical (unpaired) electrons. The van der Waals surface area contributed by atoms with Gasteiger partial charge in [0, 0.05) is 25.7 Å². The van der Waals surface area contributed by atoms with Crippen LogP contribution in [0.15, 0.2) is 53.4 Å². The number of piperidine rings is 1. The zero-order chi connectivity index (χ0) is 23.8. The van der Waals surface area contributed by atoms with E-state index in [1.807, 2.05) is 32.0 Å². The first-order valence-electron chi connectivity index (χ1n) is 11.1. The Morgan fingerprint density at radius 1 is 0.939 bits per heavy atom. The van der Waals surface area contributed by atoms with Crippen molar-refractivity contribution in [3.8, 4) is 0 Å². The van der Waals surface area contributed by atoms with Crippen molar-refractivity contribution in [2.75, 3.05) is 26.2 Å². The molecule has 1 fully saturated rings. The van der Waals surface area contributed by atoms with E-state index in [9.17, 15) is 18.0 Å². The van der Waals surface area contributed by atoms with E-state index >= 15 is 0 Å². The van der Waals surface area contributed by atoms with Crippen LogP contribution in [-0.2, 0) is 26.2 Å². The third-order valence-electron chi connectivity index (χ3n) is 5.86. The Balaban J connectivity index is 1.35. The van der Waals surface area contributed by atoms with Crippen LogP contribution in [0, 0.1) is 13.8 Å². The predicted octanol–water partition coefficient (Wildman–Crippen LogP) is 1.48. The number of hydrogen-bond acceptors (Lipinski definition) is 5. The summed E-state index contributed by atoms with van der Waals surface area (Å²) >= 11 is 0. The van der Waals surface area contributed by atoms with Gasteiger partial charge in [-0.25, -0.2) is 13.1 Å². The molecule has 1 saturated heterocycles. The smallest absolute Gasteiger partial charge is 0.241 e. The number of amides is 2. The normalized spacial score (nSPS) is 15.2. The molecule has 0 bridgehead atoms. The van der Waals surface area contributed by atoms with Gasteiger partial charge in [0.2, 0.25) is 21.8 Å². The lowest BCUT2D eigenvalue weighted by atomic mass is 10.0. The lowest BCUT2D eigenvalue weighted by molar-refractivity contribution is -0.126. The van der Waals surface area contributed by atoms with Crippen LogP contribution in [0.1, 0.15) is 29.5 Å². The molecular weight excluding hydrogens is 440 g/mol. The van der Waals surface area contributed by atoms with E-state index in [4.69, 9.17) is 0 Å². The third-order valence-corrected chi connectivity index (χ3v) is 7.26. The Morgan fingerprint density at radius 3 is 2.30 bits per heavy atom. The van der Waals surface area contributed by atoms with Gasteiger partial charge in [0.25, 0.3) is 0 Å². The third kappa shape index (κ3) is 7.66. The molecule has 0 aliphatic carbocycles. The number of likely N-dealkylation sites (tertiary alicyclic amines) is 1. The van der Waals surface area contributed by atoms with Gasteiger partial charge in [-0.1, -0.05) is 36.4 Å². The fourth-order valence-corrected chi connectivity index (χ4v) is 4.79. The Morgan fingerprint density at radius 2 is 1.64 bits per heavy atom. The fraction of sp³-hybridized carbons (Fsp3) is 0.417. The van der Waals surface area contributed by atoms with Crippen LogP contribution in [0.5, 0.6) is 0 Å². The number of hydrogen-bond donors (Lipinski definition) is 3. The summed E-state index contributed by atoms with van der Waals surface area (Å²) in [4.78, 5) is 26.7. The van der Waals surface area contributed by atoms with E-state index in [2.05, 4.69) is 32.4 Å². The Labute approximate surface area is 195 Å². The van der Waals surface area contributed by atoms with E-state index in [-0.39, 0.29) is 23.4 Å². The minimum absolute atomic E-state index is 0.0738. The lowest BCUT2D eigenvalue weighted by Gasteiger charge is -2.32. The SMILES string of the molecule is Cc1ccc(S(=O)(=O)NCC(=O)NCC(=O)NC2CCN(Cc3ccccc3)CC2)cc1C. The summed E-state index contributed by atoms with van der Waals surface area (Å²) in [6, 6.07) is 15.1. The number of sulfonamides is 1. The molecule has 9 heteroatoms. The second-order valence-corrected chi connectivity index (χ2v) is 10.2. The predicted molar refractivity (Wildman–Crippen MR) is 127 cm³/mol. The van der Waals surface area contributed by atoms with Crippen molar-refractivity contribution < 1.29 is 18.0 Å². The van der Waals surface area contributed by atoms with Crippen molar-refractivity contribution in [3.63, 3.8) is 0 Å². The summed E-state index contributed by atoms with van der Waals surface area (Å²) in [6.45, 7) is 5.79. The number of carbonyl (C=O) groups is 2. The lowest BCUT2D eigenvalue weighted by Crippen LogP contribution is -2.48. The first-order chi connectivity index (χ1) is 15.7. The van der Waals surface area contributed by atoms with Crippen LogP contribution in [0.2, 0.25) is 0 Å². The number of nitrogens with zero attached hydrogens (tertiary/aromatic N) is 1. The maximum absolute atomic E-state index is 12.4. The van der Waals surface area contributed by atoms with Crippen molar-refractivity contribution in [2.24, 2.45) is 0 Å². The number of carbonyl (C=O) groups excluding carboxylic acids is 2. The van der Waals surface area contributed by atoms with Crippen molar-refractivity contribution in [1.82, 2.24) is 20.3 Å². The highest BCUT2D eigenvalue weighted by Gasteiger charge is 2.21. The van der Waals surface area contributed by atoms with Gasteiger partial charge in [-0.2, -0.15) is 0 Å². The molecule has 178 valence electrons. The Bertz CT molecular complexity index is 1070. The van der Waals surface area contributed by atoms with Gasteiger partial charge in [-0.3, -0.25) is 14.5 Å². The molecule has 33 heavy (non-hydrogen) atoms. The van der Waals surface area contributed by atoms with Gasteiger partial charge >= 0.3 is 0 Å². The molecule has 0 spiro atoms. The van der Waals surface area contributed by atoms with Crippen LogP contribution in [0.25, 0.3) is 0 Å². The zero-order valence-corrected chi connectivity index (χ0v) is 20.0. The average Bonchev–Trinajstić information content (AvgIpc) is 2.80. The molecule has 2 aromatic carbocycles.